The molecule has 3 N–H and O–H groups in total. The molecule has 0 bridgehead atoms. The molecule has 0 heterocycles. The highest BCUT2D eigenvalue weighted by Gasteiger charge is 2.20. The van der Waals surface area contributed by atoms with Crippen LogP contribution in [0.2, 0.25) is 0 Å². The number of hydrogen-bond acceptors (Lipinski definition) is 5. The minimum absolute atomic E-state index is 0.0663. The van der Waals surface area contributed by atoms with Crippen LogP contribution >= 0.6 is 0 Å². The van der Waals surface area contributed by atoms with E-state index >= 15 is 0 Å². The van der Waals surface area contributed by atoms with E-state index in [1.54, 1.807) is 14.2 Å². The normalized spacial score (nSPS) is 15.8. The number of aliphatic hydroxyl groups is 3. The topological polar surface area (TPSA) is 79.2 Å². The van der Waals surface area contributed by atoms with E-state index in [1.165, 1.54) is 0 Å². The van der Waals surface area contributed by atoms with Crippen molar-refractivity contribution < 1.29 is 24.8 Å². The van der Waals surface area contributed by atoms with Crippen molar-refractivity contribution in [2.24, 2.45) is 0 Å². The zero-order valence-electron chi connectivity index (χ0n) is 16.5. The molecule has 0 aliphatic heterocycles. The van der Waals surface area contributed by atoms with Gasteiger partial charge in [0.2, 0.25) is 0 Å². The third-order valence-electron chi connectivity index (χ3n) is 5.40. The molecule has 150 valence electrons. The Balaban J connectivity index is 2.23. The quantitative estimate of drug-likeness (QED) is 0.712. The van der Waals surface area contributed by atoms with Gasteiger partial charge in [-0.15, -0.1) is 0 Å². The highest BCUT2D eigenvalue weighted by molar-refractivity contribution is 5.84. The summed E-state index contributed by atoms with van der Waals surface area (Å²) in [6.07, 6.45) is 6.16. The van der Waals surface area contributed by atoms with E-state index in [0.717, 1.165) is 59.3 Å². The molecule has 2 aromatic carbocycles. The maximum absolute atomic E-state index is 9.80. The SMILES string of the molecule is COc1cc(/C2=C/CCCCc3c2ccc(CO)c3OC)cc(CO)c1CO. The maximum Gasteiger partial charge on any atom is 0.128 e. The van der Waals surface area contributed by atoms with Gasteiger partial charge in [-0.2, -0.15) is 0 Å². The Morgan fingerprint density at radius 2 is 1.68 bits per heavy atom. The Morgan fingerprint density at radius 3 is 2.32 bits per heavy atom. The Labute approximate surface area is 165 Å². The molecule has 0 radical (unpaired) electrons. The minimum atomic E-state index is -0.192. The molecule has 0 unspecified atom stereocenters. The number of methoxy groups -OCH3 is 2. The van der Waals surface area contributed by atoms with Crippen molar-refractivity contribution in [2.45, 2.75) is 45.5 Å². The Bertz CT molecular complexity index is 845. The molecule has 3 rings (SSSR count). The predicted molar refractivity (Wildman–Crippen MR) is 108 cm³/mol. The first-order valence-corrected chi connectivity index (χ1v) is 9.60. The van der Waals surface area contributed by atoms with E-state index in [-0.39, 0.29) is 19.8 Å². The zero-order chi connectivity index (χ0) is 20.1. The summed E-state index contributed by atoms with van der Waals surface area (Å²) in [6.45, 7) is -0.432. The third-order valence-corrected chi connectivity index (χ3v) is 5.40. The number of rotatable bonds is 6. The van der Waals surface area contributed by atoms with Crippen LogP contribution in [0.1, 0.15) is 52.6 Å². The van der Waals surface area contributed by atoms with Crippen LogP contribution in [-0.2, 0) is 26.2 Å². The molecule has 1 aliphatic rings. The largest absolute Gasteiger partial charge is 0.496 e. The van der Waals surface area contributed by atoms with Gasteiger partial charge in [-0.05, 0) is 60.1 Å². The van der Waals surface area contributed by atoms with E-state index in [9.17, 15) is 15.3 Å². The van der Waals surface area contributed by atoms with Crippen LogP contribution < -0.4 is 9.47 Å². The first kappa shape index (κ1) is 20.4. The fraction of sp³-hybridized carbons (Fsp3) is 0.391. The van der Waals surface area contributed by atoms with Crippen LogP contribution in [0.25, 0.3) is 5.57 Å². The molecule has 5 nitrogen and oxygen atoms in total. The zero-order valence-corrected chi connectivity index (χ0v) is 16.5. The molecule has 0 saturated carbocycles. The average Bonchev–Trinajstić information content (AvgIpc) is 2.72. The fourth-order valence-electron chi connectivity index (χ4n) is 3.99. The van der Waals surface area contributed by atoms with Gasteiger partial charge in [0.25, 0.3) is 0 Å². The molecule has 28 heavy (non-hydrogen) atoms. The first-order chi connectivity index (χ1) is 13.7. The average molecular weight is 384 g/mol. The highest BCUT2D eigenvalue weighted by Crippen LogP contribution is 2.39. The monoisotopic (exact) mass is 384 g/mol. The van der Waals surface area contributed by atoms with Gasteiger partial charge >= 0.3 is 0 Å². The smallest absolute Gasteiger partial charge is 0.128 e. The second kappa shape index (κ2) is 9.24. The van der Waals surface area contributed by atoms with Crippen molar-refractivity contribution in [3.05, 3.63) is 63.7 Å². The Morgan fingerprint density at radius 1 is 0.893 bits per heavy atom. The number of aliphatic hydroxyl groups excluding tert-OH is 3. The van der Waals surface area contributed by atoms with Crippen LogP contribution in [-0.4, -0.2) is 29.5 Å². The van der Waals surface area contributed by atoms with E-state index < -0.39 is 0 Å². The highest BCUT2D eigenvalue weighted by atomic mass is 16.5. The lowest BCUT2D eigenvalue weighted by molar-refractivity contribution is 0.254. The second-order valence-corrected chi connectivity index (χ2v) is 6.94. The summed E-state index contributed by atoms with van der Waals surface area (Å²) in [5.41, 5.74) is 6.18. The molecule has 2 aromatic rings. The molecule has 0 saturated heterocycles. The van der Waals surface area contributed by atoms with Crippen LogP contribution in [0.4, 0.5) is 0 Å². The standard InChI is InChI=1S/C23H28O5/c1-27-22-11-16(10-17(13-25)21(22)14-26)18-6-4-3-5-7-20-19(18)9-8-15(12-24)23(20)28-2/h6,8-11,24-26H,3-5,7,12-14H2,1-2H3/b18-6-. The molecule has 0 amide bonds. The van der Waals surface area contributed by atoms with E-state index in [4.69, 9.17) is 9.47 Å². The first-order valence-electron chi connectivity index (χ1n) is 9.60. The van der Waals surface area contributed by atoms with Gasteiger partial charge in [0.1, 0.15) is 11.5 Å². The number of fused-ring (bicyclic) bond motifs is 1. The minimum Gasteiger partial charge on any atom is -0.496 e. The predicted octanol–water partition coefficient (Wildman–Crippen LogP) is 3.34. The van der Waals surface area contributed by atoms with Gasteiger partial charge in [0, 0.05) is 16.7 Å². The van der Waals surface area contributed by atoms with Gasteiger partial charge in [-0.1, -0.05) is 18.2 Å². The lowest BCUT2D eigenvalue weighted by Gasteiger charge is -2.22. The van der Waals surface area contributed by atoms with Gasteiger partial charge in [-0.25, -0.2) is 0 Å². The summed E-state index contributed by atoms with van der Waals surface area (Å²) in [6, 6.07) is 7.76. The van der Waals surface area contributed by atoms with E-state index in [0.29, 0.717) is 16.9 Å². The second-order valence-electron chi connectivity index (χ2n) is 6.94. The number of benzene rings is 2. The summed E-state index contributed by atoms with van der Waals surface area (Å²) in [7, 11) is 3.20. The van der Waals surface area contributed by atoms with Crippen LogP contribution in [0.15, 0.2) is 30.3 Å². The lowest BCUT2D eigenvalue weighted by atomic mass is 9.85. The summed E-state index contributed by atoms with van der Waals surface area (Å²) in [4.78, 5) is 0. The molecule has 0 fully saturated rings. The summed E-state index contributed by atoms with van der Waals surface area (Å²) in [5.74, 6) is 1.31. The fourth-order valence-corrected chi connectivity index (χ4v) is 3.99. The van der Waals surface area contributed by atoms with Crippen LogP contribution in [0.5, 0.6) is 11.5 Å². The molecule has 0 aromatic heterocycles. The number of allylic oxidation sites excluding steroid dienone is 1. The van der Waals surface area contributed by atoms with Gasteiger partial charge in [0.15, 0.2) is 0 Å². The van der Waals surface area contributed by atoms with Gasteiger partial charge in [0.05, 0.1) is 34.0 Å². The molecular weight excluding hydrogens is 356 g/mol. The summed E-state index contributed by atoms with van der Waals surface area (Å²) in [5, 5.41) is 29.2. The molecule has 0 atom stereocenters. The third kappa shape index (κ3) is 3.78. The van der Waals surface area contributed by atoms with Crippen LogP contribution in [0, 0.1) is 0 Å². The molecular formula is C23H28O5. The van der Waals surface area contributed by atoms with Crippen molar-refractivity contribution in [1.29, 1.82) is 0 Å². The number of hydrogen-bond donors (Lipinski definition) is 3. The number of ether oxygens (including phenoxy) is 2. The van der Waals surface area contributed by atoms with E-state index in [1.807, 2.05) is 24.3 Å². The van der Waals surface area contributed by atoms with Gasteiger partial charge in [-0.3, -0.25) is 0 Å². The van der Waals surface area contributed by atoms with Crippen molar-refractivity contribution >= 4 is 5.57 Å². The van der Waals surface area contributed by atoms with Crippen molar-refractivity contribution in [1.82, 2.24) is 0 Å². The Kier molecular flexibility index (Phi) is 6.73. The van der Waals surface area contributed by atoms with Crippen molar-refractivity contribution in [3.8, 4) is 11.5 Å². The van der Waals surface area contributed by atoms with Gasteiger partial charge < -0.3 is 24.8 Å². The summed E-state index contributed by atoms with van der Waals surface area (Å²) < 4.78 is 11.1. The van der Waals surface area contributed by atoms with Crippen LogP contribution in [0.3, 0.4) is 0 Å². The molecule has 5 heteroatoms. The van der Waals surface area contributed by atoms with Crippen molar-refractivity contribution in [3.63, 3.8) is 0 Å². The Hall–Kier alpha value is -2.34. The van der Waals surface area contributed by atoms with Crippen molar-refractivity contribution in [2.75, 3.05) is 14.2 Å². The van der Waals surface area contributed by atoms with E-state index in [2.05, 4.69) is 6.08 Å². The molecule has 1 aliphatic carbocycles. The molecule has 0 spiro atoms. The lowest BCUT2D eigenvalue weighted by Crippen LogP contribution is -2.06. The maximum atomic E-state index is 9.80. The summed E-state index contributed by atoms with van der Waals surface area (Å²) >= 11 is 0.